The van der Waals surface area contributed by atoms with Gasteiger partial charge in [-0.3, -0.25) is 0 Å². The molecule has 0 saturated heterocycles. The lowest BCUT2D eigenvalue weighted by atomic mass is 10.5. The van der Waals surface area contributed by atoms with Crippen molar-refractivity contribution in [2.75, 3.05) is 19.0 Å². The summed E-state index contributed by atoms with van der Waals surface area (Å²) < 4.78 is 11.3. The molecule has 0 heterocycles. The maximum Gasteiger partial charge on any atom is 0.0848 e. The third-order valence-electron chi connectivity index (χ3n) is 1.48. The van der Waals surface area contributed by atoms with Crippen molar-refractivity contribution in [2.45, 2.75) is 13.3 Å². The van der Waals surface area contributed by atoms with Gasteiger partial charge in [0, 0.05) is 6.16 Å². The molecular formula is C7H15OP. The molecule has 2 heteroatoms. The summed E-state index contributed by atoms with van der Waals surface area (Å²) in [6.45, 7) is 7.41. The molecule has 0 bridgehead atoms. The monoisotopic (exact) mass is 146 g/mol. The van der Waals surface area contributed by atoms with Crippen LogP contribution in [0.4, 0.5) is 0 Å². The van der Waals surface area contributed by atoms with E-state index in [2.05, 4.69) is 6.58 Å². The van der Waals surface area contributed by atoms with Crippen LogP contribution in [0.3, 0.4) is 0 Å². The normalized spacial score (nSPS) is 16.7. The molecule has 0 rings (SSSR count). The summed E-state index contributed by atoms with van der Waals surface area (Å²) in [5, 5.41) is 0. The molecule has 0 aromatic heterocycles. The highest BCUT2D eigenvalue weighted by molar-refractivity contribution is 7.63. The highest BCUT2D eigenvalue weighted by atomic mass is 31.2. The molecule has 0 saturated carbocycles. The zero-order chi connectivity index (χ0) is 7.33. The van der Waals surface area contributed by atoms with E-state index in [1.807, 2.05) is 19.7 Å². The zero-order valence-electron chi connectivity index (χ0n) is 6.26. The van der Waals surface area contributed by atoms with Crippen LogP contribution in [-0.4, -0.2) is 19.0 Å². The van der Waals surface area contributed by atoms with Crippen molar-refractivity contribution in [3.8, 4) is 0 Å². The molecule has 0 aromatic carbocycles. The molecule has 1 unspecified atom stereocenters. The van der Waals surface area contributed by atoms with Gasteiger partial charge in [0.25, 0.3) is 0 Å². The Hall–Kier alpha value is -0.0300. The van der Waals surface area contributed by atoms with Gasteiger partial charge in [-0.1, -0.05) is 13.0 Å². The van der Waals surface area contributed by atoms with Crippen LogP contribution < -0.4 is 0 Å². The molecule has 0 aliphatic rings. The molecule has 0 aliphatic heterocycles. The molecule has 54 valence electrons. The SMILES string of the molecule is C=CCCP(C)(=O)CC. The average molecular weight is 146 g/mol. The molecule has 0 spiro atoms. The fourth-order valence-corrected chi connectivity index (χ4v) is 1.57. The van der Waals surface area contributed by atoms with Crippen LogP contribution in [-0.2, 0) is 4.57 Å². The number of allylic oxidation sites excluding steroid dienone is 1. The molecule has 0 aromatic rings. The van der Waals surface area contributed by atoms with Crippen LogP contribution in [0.15, 0.2) is 12.7 Å². The predicted molar refractivity (Wildman–Crippen MR) is 43.8 cm³/mol. The van der Waals surface area contributed by atoms with E-state index in [1.54, 1.807) is 0 Å². The molecule has 0 aliphatic carbocycles. The Morgan fingerprint density at radius 3 is 2.56 bits per heavy atom. The molecule has 1 atom stereocenters. The van der Waals surface area contributed by atoms with Crippen LogP contribution in [0.5, 0.6) is 0 Å². The maximum atomic E-state index is 11.3. The summed E-state index contributed by atoms with van der Waals surface area (Å²) in [5.74, 6) is 0. The van der Waals surface area contributed by atoms with Gasteiger partial charge in [0.1, 0.15) is 0 Å². The van der Waals surface area contributed by atoms with E-state index < -0.39 is 7.14 Å². The van der Waals surface area contributed by atoms with Gasteiger partial charge in [0.2, 0.25) is 0 Å². The lowest BCUT2D eigenvalue weighted by molar-refractivity contribution is 0.579. The van der Waals surface area contributed by atoms with E-state index in [0.29, 0.717) is 0 Å². The Morgan fingerprint density at radius 2 is 2.22 bits per heavy atom. The Kier molecular flexibility index (Phi) is 3.88. The van der Waals surface area contributed by atoms with Crippen molar-refractivity contribution in [3.63, 3.8) is 0 Å². The number of hydrogen-bond acceptors (Lipinski definition) is 1. The van der Waals surface area contributed by atoms with Crippen LogP contribution in [0.25, 0.3) is 0 Å². The third kappa shape index (κ3) is 4.47. The molecule has 0 radical (unpaired) electrons. The largest absolute Gasteiger partial charge is 0.324 e. The zero-order valence-corrected chi connectivity index (χ0v) is 7.16. The van der Waals surface area contributed by atoms with Crippen molar-refractivity contribution in [1.82, 2.24) is 0 Å². The highest BCUT2D eigenvalue weighted by Crippen LogP contribution is 2.40. The minimum atomic E-state index is -1.76. The first-order valence-electron chi connectivity index (χ1n) is 3.29. The van der Waals surface area contributed by atoms with E-state index in [1.165, 1.54) is 0 Å². The van der Waals surface area contributed by atoms with Crippen molar-refractivity contribution >= 4 is 7.14 Å². The molecule has 0 amide bonds. The van der Waals surface area contributed by atoms with Crippen LogP contribution in [0.2, 0.25) is 0 Å². The lowest BCUT2D eigenvalue weighted by Gasteiger charge is -2.06. The second-order valence-electron chi connectivity index (χ2n) is 2.41. The smallest absolute Gasteiger partial charge is 0.0848 e. The van der Waals surface area contributed by atoms with Gasteiger partial charge in [-0.05, 0) is 19.2 Å². The average Bonchev–Trinajstić information content (AvgIpc) is 1.84. The Bertz CT molecular complexity index is 129. The summed E-state index contributed by atoms with van der Waals surface area (Å²) in [5.41, 5.74) is 0. The van der Waals surface area contributed by atoms with E-state index >= 15 is 0 Å². The first kappa shape index (κ1) is 8.97. The predicted octanol–water partition coefficient (Wildman–Crippen LogP) is 2.58. The minimum absolute atomic E-state index is 0.820. The van der Waals surface area contributed by atoms with Gasteiger partial charge in [0.05, 0.1) is 7.14 Å². The fraction of sp³-hybridized carbons (Fsp3) is 0.714. The van der Waals surface area contributed by atoms with Crippen molar-refractivity contribution in [3.05, 3.63) is 12.7 Å². The van der Waals surface area contributed by atoms with E-state index in [-0.39, 0.29) is 0 Å². The lowest BCUT2D eigenvalue weighted by Crippen LogP contribution is -1.88. The standard InChI is InChI=1S/C7H15OP/c1-4-6-7-9(3,8)5-2/h4H,1,5-7H2,2-3H3. The number of hydrogen-bond donors (Lipinski definition) is 0. The molecule has 0 fully saturated rings. The summed E-state index contributed by atoms with van der Waals surface area (Å²) in [6, 6.07) is 0. The second-order valence-corrected chi connectivity index (χ2v) is 6.09. The van der Waals surface area contributed by atoms with Gasteiger partial charge < -0.3 is 4.57 Å². The summed E-state index contributed by atoms with van der Waals surface area (Å²) >= 11 is 0. The van der Waals surface area contributed by atoms with Crippen LogP contribution in [0, 0.1) is 0 Å². The first-order chi connectivity index (χ1) is 4.12. The van der Waals surface area contributed by atoms with Crippen molar-refractivity contribution in [2.24, 2.45) is 0 Å². The highest BCUT2D eigenvalue weighted by Gasteiger charge is 2.08. The van der Waals surface area contributed by atoms with Gasteiger partial charge in [-0.25, -0.2) is 0 Å². The van der Waals surface area contributed by atoms with Crippen molar-refractivity contribution in [1.29, 1.82) is 0 Å². The second kappa shape index (κ2) is 3.90. The Balaban J connectivity index is 3.58. The van der Waals surface area contributed by atoms with E-state index in [9.17, 15) is 4.57 Å². The van der Waals surface area contributed by atoms with Gasteiger partial charge >= 0.3 is 0 Å². The fourth-order valence-electron chi connectivity index (χ4n) is 0.522. The van der Waals surface area contributed by atoms with Gasteiger partial charge in [0.15, 0.2) is 0 Å². The summed E-state index contributed by atoms with van der Waals surface area (Å²) in [7, 11) is -1.76. The molecule has 0 N–H and O–H groups in total. The first-order valence-corrected chi connectivity index (χ1v) is 5.81. The van der Waals surface area contributed by atoms with Crippen molar-refractivity contribution < 1.29 is 4.57 Å². The maximum absolute atomic E-state index is 11.3. The van der Waals surface area contributed by atoms with E-state index in [4.69, 9.17) is 0 Å². The Morgan fingerprint density at radius 1 is 1.67 bits per heavy atom. The number of rotatable bonds is 4. The molecule has 9 heavy (non-hydrogen) atoms. The molecular weight excluding hydrogens is 131 g/mol. The van der Waals surface area contributed by atoms with Crippen LogP contribution in [0.1, 0.15) is 13.3 Å². The minimum Gasteiger partial charge on any atom is -0.324 e. The van der Waals surface area contributed by atoms with Gasteiger partial charge in [-0.15, -0.1) is 6.58 Å². The van der Waals surface area contributed by atoms with Gasteiger partial charge in [-0.2, -0.15) is 0 Å². The third-order valence-corrected chi connectivity index (χ3v) is 4.02. The topological polar surface area (TPSA) is 17.1 Å². The molecule has 1 nitrogen and oxygen atoms in total. The summed E-state index contributed by atoms with van der Waals surface area (Å²) in [4.78, 5) is 0. The summed E-state index contributed by atoms with van der Waals surface area (Å²) in [6.07, 6.45) is 4.36. The Labute approximate surface area is 57.5 Å². The van der Waals surface area contributed by atoms with E-state index in [0.717, 1.165) is 18.7 Å². The van der Waals surface area contributed by atoms with Crippen LogP contribution >= 0.6 is 7.14 Å². The quantitative estimate of drug-likeness (QED) is 0.440.